The molecule has 0 radical (unpaired) electrons. The predicted molar refractivity (Wildman–Crippen MR) is 405 cm³/mol. The second-order valence-electron chi connectivity index (χ2n) is 28.3. The second kappa shape index (κ2) is 21.9. The van der Waals surface area contributed by atoms with Crippen LogP contribution in [0, 0.1) is 0 Å². The Bertz CT molecular complexity index is 6170. The van der Waals surface area contributed by atoms with E-state index in [1.165, 1.54) is 0 Å². The topological polar surface area (TPSA) is 24.6 Å². The third-order valence-electron chi connectivity index (χ3n) is 19.3. The minimum Gasteiger partial charge on any atom is -0.456 e. The summed E-state index contributed by atoms with van der Waals surface area (Å²) in [5.41, 5.74) is 18.1. The fraction of sp³-hybridized carbons (Fsp3) is 0.133. The van der Waals surface area contributed by atoms with Crippen molar-refractivity contribution in [3.63, 3.8) is 0 Å². The van der Waals surface area contributed by atoms with Crippen LogP contribution in [0.25, 0.3) is 105 Å². The largest absolute Gasteiger partial charge is 0.456 e. The van der Waals surface area contributed by atoms with Gasteiger partial charge in [-0.25, -0.2) is 0 Å². The van der Waals surface area contributed by atoms with E-state index < -0.39 is 78.6 Å². The molecule has 0 aliphatic carbocycles. The first-order valence-corrected chi connectivity index (χ1v) is 32.5. The molecule has 458 valence electrons. The Balaban J connectivity index is 1.13. The number of rotatable bonds is 8. The third kappa shape index (κ3) is 9.57. The highest BCUT2D eigenvalue weighted by atomic mass is 16.3. The Morgan fingerprint density at radius 3 is 1.39 bits per heavy atom. The molecule has 2 aliphatic rings. The van der Waals surface area contributed by atoms with Gasteiger partial charge in [0.1, 0.15) is 11.2 Å². The molecule has 0 unspecified atom stereocenters. The van der Waals surface area contributed by atoms with Crippen LogP contribution in [0.4, 0.5) is 34.1 Å². The lowest BCUT2D eigenvalue weighted by atomic mass is 9.33. The quantitative estimate of drug-likeness (QED) is 0.142. The van der Waals surface area contributed by atoms with Gasteiger partial charge in [0.15, 0.2) is 0 Å². The average molecular weight is 1240 g/mol. The third-order valence-corrected chi connectivity index (χ3v) is 19.3. The summed E-state index contributed by atoms with van der Waals surface area (Å²) in [7, 11) is 0. The summed E-state index contributed by atoms with van der Waals surface area (Å²) in [6.07, 6.45) is 0. The van der Waals surface area contributed by atoms with Gasteiger partial charge in [0.05, 0.1) is 45.6 Å². The summed E-state index contributed by atoms with van der Waals surface area (Å²) in [5, 5.41) is 1.56. The van der Waals surface area contributed by atoms with Gasteiger partial charge >= 0.3 is 0 Å². The number of fused-ring (bicyclic) bond motifs is 10. The van der Waals surface area contributed by atoms with Gasteiger partial charge in [0.2, 0.25) is 0 Å². The lowest BCUT2D eigenvalue weighted by Crippen LogP contribution is -2.61. The van der Waals surface area contributed by atoms with E-state index in [9.17, 15) is 11.0 Å². The van der Waals surface area contributed by atoms with Crippen LogP contribution >= 0.6 is 0 Å². The molecule has 95 heavy (non-hydrogen) atoms. The predicted octanol–water partition coefficient (Wildman–Crippen LogP) is 23.0. The normalized spacial score (nSPS) is 15.0. The summed E-state index contributed by atoms with van der Waals surface area (Å²) < 4.78 is 130. The van der Waals surface area contributed by atoms with Crippen molar-refractivity contribution in [2.75, 3.05) is 9.80 Å². The zero-order valence-electron chi connectivity index (χ0n) is 67.5. The van der Waals surface area contributed by atoms with E-state index in [-0.39, 0.29) is 50.3 Å². The van der Waals surface area contributed by atoms with Crippen LogP contribution in [0.2, 0.25) is 0 Å². The molecule has 0 N–H and O–H groups in total. The molecule has 0 bridgehead atoms. The van der Waals surface area contributed by atoms with E-state index in [4.69, 9.17) is 11.3 Å². The first kappa shape index (κ1) is 45.4. The summed E-state index contributed by atoms with van der Waals surface area (Å²) in [5.74, 6) is 0. The Kier molecular flexibility index (Phi) is 10.5. The molecule has 0 fully saturated rings. The van der Waals surface area contributed by atoms with Gasteiger partial charge in [0.25, 0.3) is 6.71 Å². The van der Waals surface area contributed by atoms with Crippen molar-refractivity contribution in [3.8, 4) is 61.3 Å². The van der Waals surface area contributed by atoms with Crippen molar-refractivity contribution in [3.05, 3.63) is 301 Å². The molecule has 4 heterocycles. The number of hydrogen-bond donors (Lipinski definition) is 0. The minimum atomic E-state index is -0.710. The monoisotopic (exact) mass is 1240 g/mol. The lowest BCUT2D eigenvalue weighted by molar-refractivity contribution is 0.569. The summed E-state index contributed by atoms with van der Waals surface area (Å²) in [6.45, 7) is 19.3. The zero-order chi connectivity index (χ0) is 76.0. The van der Waals surface area contributed by atoms with Gasteiger partial charge < -0.3 is 18.8 Å². The molecule has 15 aromatic rings. The average Bonchev–Trinajstić information content (AvgIpc) is 1.06. The van der Waals surface area contributed by atoms with Crippen molar-refractivity contribution < 1.29 is 22.2 Å². The van der Waals surface area contributed by atoms with E-state index >= 15 is 0 Å². The molecule has 17 rings (SSSR count). The van der Waals surface area contributed by atoms with Crippen molar-refractivity contribution in [2.45, 2.75) is 78.6 Å². The van der Waals surface area contributed by atoms with E-state index in [0.29, 0.717) is 33.8 Å². The number of hydrogen-bond acceptors (Lipinski definition) is 3. The van der Waals surface area contributed by atoms with Crippen LogP contribution in [0.1, 0.15) is 96.8 Å². The first-order chi connectivity index (χ1) is 51.4. The van der Waals surface area contributed by atoms with Gasteiger partial charge in [-0.3, -0.25) is 0 Å². The fourth-order valence-electron chi connectivity index (χ4n) is 14.5. The molecule has 0 spiro atoms. The van der Waals surface area contributed by atoms with Crippen LogP contribution in [0.5, 0.6) is 0 Å². The van der Waals surface area contributed by atoms with Crippen molar-refractivity contribution in [2.24, 2.45) is 0 Å². The summed E-state index contributed by atoms with van der Waals surface area (Å²) in [4.78, 5) is 4.69. The van der Waals surface area contributed by atoms with E-state index in [1.807, 2.05) is 115 Å². The highest BCUT2D eigenvalue weighted by Gasteiger charge is 2.46. The number of aromatic nitrogens is 1. The Morgan fingerprint density at radius 1 is 0.337 bits per heavy atom. The number of nitrogens with zero attached hydrogens (tertiary/aromatic N) is 3. The molecule has 5 heteroatoms. The van der Waals surface area contributed by atoms with Crippen LogP contribution in [-0.2, 0) is 16.2 Å². The zero-order valence-corrected chi connectivity index (χ0v) is 54.5. The standard InChI is InChI=1S/C90H74BN3O/c1-88(2,3)64-48-62(49-65(53-64)89(4,5)6)63-51-80-85-81(52-63)94(87-68(58-30-16-11-17-31-58)44-47-83-84(87)71-38-24-27-41-82(71)95-83)78-50-61(57-28-14-10-15-29-57)42-45-74(78)91(85)75-46-43-67(92-76-39-25-22-36-69(76)70-37-23-26-40-77(70)92)56-79(75)93(80)86-72(59-32-18-12-19-33-59)54-66(90(7,8)9)55-73(86)60-34-20-13-21-35-60/h10-56H,1-9H3/i10D,14D,15D,22D,23D,25D,26D,28D,29D,36D,37D,39D,40D. The summed E-state index contributed by atoms with van der Waals surface area (Å²) >= 11 is 0. The van der Waals surface area contributed by atoms with Gasteiger partial charge in [-0.2, -0.15) is 0 Å². The smallest absolute Gasteiger partial charge is 0.252 e. The molecule has 2 aliphatic heterocycles. The molecule has 4 nitrogen and oxygen atoms in total. The van der Waals surface area contributed by atoms with Gasteiger partial charge in [-0.05, 0) is 161 Å². The minimum absolute atomic E-state index is 0.0236. The Labute approximate surface area is 576 Å². The first-order valence-electron chi connectivity index (χ1n) is 39.0. The Morgan fingerprint density at radius 2 is 0.811 bits per heavy atom. The maximum absolute atomic E-state index is 9.84. The Hall–Kier alpha value is -10.9. The molecule has 13 aromatic carbocycles. The van der Waals surface area contributed by atoms with Crippen LogP contribution < -0.4 is 26.2 Å². The maximum Gasteiger partial charge on any atom is 0.252 e. The van der Waals surface area contributed by atoms with Gasteiger partial charge in [-0.1, -0.05) is 274 Å². The van der Waals surface area contributed by atoms with E-state index in [2.05, 4.69) is 163 Å². The molecule has 0 atom stereocenters. The number of benzene rings is 13. The highest BCUT2D eigenvalue weighted by molar-refractivity contribution is 7.00. The van der Waals surface area contributed by atoms with Crippen molar-refractivity contribution in [1.82, 2.24) is 4.57 Å². The van der Waals surface area contributed by atoms with Crippen LogP contribution in [-0.4, -0.2) is 11.3 Å². The van der Waals surface area contributed by atoms with Crippen LogP contribution in [0.3, 0.4) is 0 Å². The second-order valence-corrected chi connectivity index (χ2v) is 28.3. The molecule has 0 amide bonds. The fourth-order valence-corrected chi connectivity index (χ4v) is 14.5. The maximum atomic E-state index is 9.84. The number of para-hydroxylation sites is 3. The molecule has 0 saturated carbocycles. The lowest BCUT2D eigenvalue weighted by Gasteiger charge is -2.46. The van der Waals surface area contributed by atoms with Gasteiger partial charge in [0, 0.05) is 61.3 Å². The molecular weight excluding hydrogens is 1150 g/mol. The number of furan rings is 1. The van der Waals surface area contributed by atoms with Gasteiger partial charge in [-0.15, -0.1) is 0 Å². The van der Waals surface area contributed by atoms with Crippen LogP contribution in [0.15, 0.2) is 289 Å². The van der Waals surface area contributed by atoms with Crippen molar-refractivity contribution >= 4 is 101 Å². The van der Waals surface area contributed by atoms with Crippen molar-refractivity contribution in [1.29, 1.82) is 0 Å². The van der Waals surface area contributed by atoms with E-state index in [1.54, 1.807) is 4.57 Å². The molecule has 0 saturated heterocycles. The molecular formula is C90H74BN3O. The number of anilines is 6. The SMILES string of the molecule is [2H]c1c([2H])c([2H])c(-c2ccc3c(c2)N(c2c(-c4ccccc4)ccc4oc5ccccc5c24)c2cc(-c4cc(C(C)(C)C)cc(C(C)(C)C)c4)cc4c2B3c2ccc(-n3c5c([2H])c([2H])c([2H])c([2H])c5c5c([2H])c([2H])c([2H])c([2H])c53)cc2N4c2c(-c3ccccc3)cc(C(C)(C)C)cc2-c2ccccc2)c([2H])c1[2H]. The summed E-state index contributed by atoms with van der Waals surface area (Å²) in [6, 6.07) is 64.9. The van der Waals surface area contributed by atoms with E-state index in [0.717, 1.165) is 111 Å². The molecule has 2 aromatic heterocycles. The highest BCUT2D eigenvalue weighted by Crippen LogP contribution is 2.56.